The van der Waals surface area contributed by atoms with E-state index in [1.54, 1.807) is 24.3 Å². The average Bonchev–Trinajstić information content (AvgIpc) is 2.91. The van der Waals surface area contributed by atoms with E-state index in [-0.39, 0.29) is 20.8 Å². The molecule has 0 radical (unpaired) electrons. The van der Waals surface area contributed by atoms with Crippen molar-refractivity contribution in [2.75, 3.05) is 0 Å². The molecule has 0 saturated heterocycles. The van der Waals surface area contributed by atoms with Gasteiger partial charge in [0.25, 0.3) is 5.56 Å². The predicted molar refractivity (Wildman–Crippen MR) is 138 cm³/mol. The van der Waals surface area contributed by atoms with Gasteiger partial charge in [-0.2, -0.15) is 13.2 Å². The molecule has 6 rings (SSSR count). The Bertz CT molecular complexity index is 1840. The first-order chi connectivity index (χ1) is 18.2. The van der Waals surface area contributed by atoms with Crippen LogP contribution in [-0.4, -0.2) is 9.67 Å². The van der Waals surface area contributed by atoms with Gasteiger partial charge in [-0.05, 0) is 48.7 Å². The molecule has 0 atom stereocenters. The molecule has 0 saturated carbocycles. The minimum atomic E-state index is -4.58. The smallest absolute Gasteiger partial charge is 0.416 e. The first-order valence-electron chi connectivity index (χ1n) is 11.7. The predicted octanol–water partition coefficient (Wildman–Crippen LogP) is 6.59. The second-order valence-corrected chi connectivity index (χ2v) is 9.94. The molecule has 190 valence electrons. The number of benzene rings is 3. The van der Waals surface area contributed by atoms with E-state index >= 15 is 0 Å². The van der Waals surface area contributed by atoms with Crippen molar-refractivity contribution in [2.24, 2.45) is 0 Å². The SMILES string of the molecule is O=c1oc2c3c(n(-c4ccccc4)c(=O)c2c(O)c1Sc1cccc(C(F)(F)F)c1)-c1ccccc1CC3. The minimum absolute atomic E-state index is 0.0115. The molecule has 1 aliphatic rings. The topological polar surface area (TPSA) is 72.4 Å². The normalized spacial score (nSPS) is 12.8. The highest BCUT2D eigenvalue weighted by molar-refractivity contribution is 7.99. The zero-order chi connectivity index (χ0) is 26.6. The maximum Gasteiger partial charge on any atom is 0.416 e. The highest BCUT2D eigenvalue weighted by Crippen LogP contribution is 2.42. The van der Waals surface area contributed by atoms with Gasteiger partial charge in [-0.25, -0.2) is 4.79 Å². The summed E-state index contributed by atoms with van der Waals surface area (Å²) < 4.78 is 46.8. The zero-order valence-corrected chi connectivity index (χ0v) is 20.4. The van der Waals surface area contributed by atoms with E-state index in [1.165, 1.54) is 16.7 Å². The molecule has 2 aromatic heterocycles. The van der Waals surface area contributed by atoms with Gasteiger partial charge in [0.1, 0.15) is 10.3 Å². The van der Waals surface area contributed by atoms with Gasteiger partial charge in [0.2, 0.25) is 0 Å². The third-order valence-corrected chi connectivity index (χ3v) is 7.63. The quantitative estimate of drug-likeness (QED) is 0.284. The molecular weight excluding hydrogens is 515 g/mol. The lowest BCUT2D eigenvalue weighted by Crippen LogP contribution is -2.25. The summed E-state index contributed by atoms with van der Waals surface area (Å²) in [5.74, 6) is -0.616. The van der Waals surface area contributed by atoms with Gasteiger partial charge in [-0.3, -0.25) is 9.36 Å². The van der Waals surface area contributed by atoms with Crippen LogP contribution in [0.2, 0.25) is 0 Å². The van der Waals surface area contributed by atoms with Crippen LogP contribution in [0.1, 0.15) is 16.7 Å². The lowest BCUT2D eigenvalue weighted by Gasteiger charge is -2.25. The summed E-state index contributed by atoms with van der Waals surface area (Å²) in [4.78, 5) is 26.8. The van der Waals surface area contributed by atoms with Gasteiger partial charge >= 0.3 is 11.8 Å². The van der Waals surface area contributed by atoms with E-state index < -0.39 is 28.7 Å². The summed E-state index contributed by atoms with van der Waals surface area (Å²) in [6.07, 6.45) is -3.49. The molecule has 3 aromatic carbocycles. The van der Waals surface area contributed by atoms with E-state index in [1.807, 2.05) is 30.3 Å². The van der Waals surface area contributed by atoms with Crippen molar-refractivity contribution in [2.45, 2.75) is 28.8 Å². The Morgan fingerprint density at radius 2 is 1.63 bits per heavy atom. The third-order valence-electron chi connectivity index (χ3n) is 6.57. The number of halogens is 3. The number of para-hydroxylation sites is 1. The van der Waals surface area contributed by atoms with Crippen molar-refractivity contribution in [1.29, 1.82) is 0 Å². The molecule has 5 nitrogen and oxygen atoms in total. The first-order valence-corrected chi connectivity index (χ1v) is 12.5. The first kappa shape index (κ1) is 24.1. The number of aryl methyl sites for hydroxylation is 2. The largest absolute Gasteiger partial charge is 0.505 e. The summed E-state index contributed by atoms with van der Waals surface area (Å²) in [6.45, 7) is 0. The van der Waals surface area contributed by atoms with Crippen molar-refractivity contribution in [3.63, 3.8) is 0 Å². The molecular formula is C29H18F3NO4S. The van der Waals surface area contributed by atoms with Crippen LogP contribution in [0.4, 0.5) is 13.2 Å². The van der Waals surface area contributed by atoms with E-state index in [2.05, 4.69) is 0 Å². The van der Waals surface area contributed by atoms with Crippen molar-refractivity contribution >= 4 is 22.7 Å². The highest BCUT2D eigenvalue weighted by atomic mass is 32.2. The number of rotatable bonds is 3. The summed E-state index contributed by atoms with van der Waals surface area (Å²) >= 11 is 0.618. The van der Waals surface area contributed by atoms with Crippen LogP contribution in [-0.2, 0) is 19.0 Å². The molecule has 0 spiro atoms. The van der Waals surface area contributed by atoms with Crippen molar-refractivity contribution < 1.29 is 22.7 Å². The summed E-state index contributed by atoms with van der Waals surface area (Å²) in [6, 6.07) is 20.9. The minimum Gasteiger partial charge on any atom is -0.505 e. The number of pyridine rings is 1. The molecule has 0 amide bonds. The fourth-order valence-corrected chi connectivity index (χ4v) is 5.78. The maximum atomic E-state index is 14.0. The summed E-state index contributed by atoms with van der Waals surface area (Å²) in [5, 5.41) is 11.1. The van der Waals surface area contributed by atoms with E-state index in [4.69, 9.17) is 4.42 Å². The molecule has 0 bridgehead atoms. The number of alkyl halides is 3. The number of hydrogen-bond acceptors (Lipinski definition) is 5. The summed E-state index contributed by atoms with van der Waals surface area (Å²) in [7, 11) is 0. The van der Waals surface area contributed by atoms with Crippen molar-refractivity contribution in [3.05, 3.63) is 116 Å². The van der Waals surface area contributed by atoms with Crippen LogP contribution >= 0.6 is 11.8 Å². The lowest BCUT2D eigenvalue weighted by molar-refractivity contribution is -0.137. The molecule has 1 N–H and O–H groups in total. The maximum absolute atomic E-state index is 14.0. The van der Waals surface area contributed by atoms with Gasteiger partial charge < -0.3 is 9.52 Å². The number of aromatic nitrogens is 1. The Labute approximate surface area is 217 Å². The molecule has 1 aliphatic carbocycles. The molecule has 0 fully saturated rings. The average molecular weight is 534 g/mol. The Kier molecular flexibility index (Phi) is 5.68. The van der Waals surface area contributed by atoms with E-state index in [0.717, 1.165) is 23.3 Å². The molecule has 38 heavy (non-hydrogen) atoms. The van der Waals surface area contributed by atoms with Gasteiger partial charge in [-0.1, -0.05) is 60.3 Å². The second-order valence-electron chi connectivity index (χ2n) is 8.86. The van der Waals surface area contributed by atoms with Crippen LogP contribution in [0.15, 0.2) is 103 Å². The number of nitrogens with zero attached hydrogens (tertiary/aromatic N) is 1. The van der Waals surface area contributed by atoms with Crippen LogP contribution in [0.5, 0.6) is 5.75 Å². The molecule has 2 heterocycles. The number of fused-ring (bicyclic) bond motifs is 5. The Hall–Kier alpha value is -4.24. The fourth-order valence-electron chi connectivity index (χ4n) is 4.89. The van der Waals surface area contributed by atoms with E-state index in [0.29, 0.717) is 41.5 Å². The Morgan fingerprint density at radius 3 is 2.39 bits per heavy atom. The van der Waals surface area contributed by atoms with Crippen LogP contribution in [0.3, 0.4) is 0 Å². The van der Waals surface area contributed by atoms with Crippen LogP contribution < -0.4 is 11.2 Å². The highest BCUT2D eigenvalue weighted by Gasteiger charge is 2.32. The standard InChI is InChI=1S/C29H18F3NO4S/c30-29(31,32)17-8-6-11-19(15-17)38-26-24(34)22-25(37-28(26)36)21-14-13-16-7-4-5-12-20(16)23(21)33(27(22)35)18-9-2-1-3-10-18/h1-12,15,34H,13-14H2. The van der Waals surface area contributed by atoms with Gasteiger partial charge in [0.15, 0.2) is 11.3 Å². The number of hydrogen-bond donors (Lipinski definition) is 1. The Morgan fingerprint density at radius 1 is 0.895 bits per heavy atom. The van der Waals surface area contributed by atoms with Crippen molar-refractivity contribution in [1.82, 2.24) is 4.57 Å². The summed E-state index contributed by atoms with van der Waals surface area (Å²) in [5.41, 5.74) is 1.15. The second kappa shape index (κ2) is 8.95. The van der Waals surface area contributed by atoms with Crippen LogP contribution in [0, 0.1) is 0 Å². The molecule has 5 aromatic rings. The molecule has 0 aliphatic heterocycles. The van der Waals surface area contributed by atoms with Gasteiger partial charge in [-0.15, -0.1) is 0 Å². The van der Waals surface area contributed by atoms with Crippen LogP contribution in [0.25, 0.3) is 27.9 Å². The zero-order valence-electron chi connectivity index (χ0n) is 19.6. The molecule has 0 unspecified atom stereocenters. The van der Waals surface area contributed by atoms with Crippen molar-refractivity contribution in [3.8, 4) is 22.7 Å². The molecule has 9 heteroatoms. The fraction of sp³-hybridized carbons (Fsp3) is 0.103. The third kappa shape index (κ3) is 3.90. The Balaban J connectivity index is 1.64. The monoisotopic (exact) mass is 533 g/mol. The van der Waals surface area contributed by atoms with Gasteiger partial charge in [0, 0.05) is 21.7 Å². The number of aromatic hydroxyl groups is 1. The van der Waals surface area contributed by atoms with Gasteiger partial charge in [0.05, 0.1) is 11.3 Å². The van der Waals surface area contributed by atoms with E-state index in [9.17, 15) is 27.9 Å². The lowest BCUT2D eigenvalue weighted by atomic mass is 9.87.